The van der Waals surface area contributed by atoms with Crippen LogP contribution in [0, 0.1) is 6.92 Å². The molecule has 0 aliphatic rings. The summed E-state index contributed by atoms with van der Waals surface area (Å²) in [6.07, 6.45) is 0. The van der Waals surface area contributed by atoms with Gasteiger partial charge in [0.05, 0.1) is 29.6 Å². The van der Waals surface area contributed by atoms with Crippen molar-refractivity contribution >= 4 is 55.2 Å². The lowest BCUT2D eigenvalue weighted by Crippen LogP contribution is -2.13. The molecule has 8 heteroatoms. The summed E-state index contributed by atoms with van der Waals surface area (Å²) in [6.45, 7) is 1.70. The number of nitrogens with zero attached hydrogens (tertiary/aromatic N) is 2. The van der Waals surface area contributed by atoms with Gasteiger partial charge in [0, 0.05) is 15.4 Å². The summed E-state index contributed by atoms with van der Waals surface area (Å²) in [5, 5.41) is 3.87. The zero-order chi connectivity index (χ0) is 21.3. The first-order valence-electron chi connectivity index (χ1n) is 8.99. The number of halogens is 1. The van der Waals surface area contributed by atoms with E-state index in [1.807, 2.05) is 48.5 Å². The number of anilines is 1. The number of para-hydroxylation sites is 1. The molecule has 1 N–H and O–H groups in total. The first-order chi connectivity index (χ1) is 14.5. The van der Waals surface area contributed by atoms with Crippen molar-refractivity contribution in [1.29, 1.82) is 0 Å². The minimum absolute atomic E-state index is 0.322. The Morgan fingerprint density at radius 1 is 1.07 bits per heavy atom. The highest BCUT2D eigenvalue weighted by Crippen LogP contribution is 2.28. The number of fused-ring (bicyclic) bond motifs is 1. The van der Waals surface area contributed by atoms with Gasteiger partial charge in [0.1, 0.15) is 4.88 Å². The van der Waals surface area contributed by atoms with Gasteiger partial charge in [-0.15, -0.1) is 0 Å². The zero-order valence-electron chi connectivity index (χ0n) is 16.1. The predicted molar refractivity (Wildman–Crippen MR) is 121 cm³/mol. The first-order valence-corrected chi connectivity index (χ1v) is 10.6. The van der Waals surface area contributed by atoms with E-state index < -0.39 is 5.97 Å². The summed E-state index contributed by atoms with van der Waals surface area (Å²) >= 11 is 4.52. The van der Waals surface area contributed by atoms with Gasteiger partial charge >= 0.3 is 5.97 Å². The van der Waals surface area contributed by atoms with Crippen LogP contribution in [0.15, 0.2) is 59.1 Å². The molecule has 2 aromatic heterocycles. The average Bonchev–Trinajstić information content (AvgIpc) is 3.12. The molecule has 0 radical (unpaired) electrons. The third kappa shape index (κ3) is 3.96. The van der Waals surface area contributed by atoms with Crippen LogP contribution in [-0.4, -0.2) is 29.0 Å². The molecular formula is C22H16BrN3O3S. The number of carbonyl (C=O) groups is 2. The van der Waals surface area contributed by atoms with Gasteiger partial charge in [-0.05, 0) is 31.2 Å². The number of hydrogen-bond donors (Lipinski definition) is 1. The standard InChI is InChI=1S/C22H16BrN3O3S/c1-12-19(21(28)29-2)30-22(24-12)26-20(27)16-11-18(13-7-9-14(23)10-8-13)25-17-6-4-3-5-15(16)17/h3-11H,1-2H3,(H,24,26,27). The number of thiazole rings is 1. The summed E-state index contributed by atoms with van der Waals surface area (Å²) in [6, 6.07) is 17.0. The molecule has 1 amide bonds. The molecule has 0 spiro atoms. The number of esters is 1. The lowest BCUT2D eigenvalue weighted by Gasteiger charge is -2.10. The molecule has 4 aromatic rings. The van der Waals surface area contributed by atoms with Crippen molar-refractivity contribution in [2.75, 3.05) is 12.4 Å². The number of aryl methyl sites for hydroxylation is 1. The summed E-state index contributed by atoms with van der Waals surface area (Å²) in [4.78, 5) is 34.3. The molecule has 0 unspecified atom stereocenters. The number of hydrogen-bond acceptors (Lipinski definition) is 6. The van der Waals surface area contributed by atoms with Crippen LogP contribution in [0.5, 0.6) is 0 Å². The third-order valence-corrected chi connectivity index (χ3v) is 6.07. The number of methoxy groups -OCH3 is 1. The van der Waals surface area contributed by atoms with Crippen LogP contribution in [-0.2, 0) is 4.74 Å². The SMILES string of the molecule is COC(=O)c1sc(NC(=O)c2cc(-c3ccc(Br)cc3)nc3ccccc23)nc1C. The molecule has 4 rings (SSSR count). The molecule has 2 heterocycles. The van der Waals surface area contributed by atoms with Crippen LogP contribution in [0.1, 0.15) is 25.7 Å². The molecule has 0 aliphatic carbocycles. The average molecular weight is 482 g/mol. The molecule has 2 aromatic carbocycles. The van der Waals surface area contributed by atoms with E-state index in [4.69, 9.17) is 9.72 Å². The molecular weight excluding hydrogens is 466 g/mol. The van der Waals surface area contributed by atoms with E-state index in [-0.39, 0.29) is 5.91 Å². The number of nitrogens with one attached hydrogen (secondary N) is 1. The maximum atomic E-state index is 13.1. The smallest absolute Gasteiger partial charge is 0.350 e. The van der Waals surface area contributed by atoms with E-state index in [0.29, 0.717) is 32.5 Å². The zero-order valence-corrected chi connectivity index (χ0v) is 18.5. The molecule has 150 valence electrons. The number of pyridine rings is 1. The second-order valence-corrected chi connectivity index (χ2v) is 8.37. The molecule has 30 heavy (non-hydrogen) atoms. The Labute approximate surface area is 185 Å². The number of benzene rings is 2. The Balaban J connectivity index is 1.75. The molecule has 0 atom stereocenters. The van der Waals surface area contributed by atoms with Crippen LogP contribution < -0.4 is 5.32 Å². The van der Waals surface area contributed by atoms with Gasteiger partial charge in [-0.1, -0.05) is 57.6 Å². The second kappa shape index (κ2) is 8.33. The van der Waals surface area contributed by atoms with Gasteiger partial charge in [0.2, 0.25) is 0 Å². The van der Waals surface area contributed by atoms with Crippen molar-refractivity contribution in [2.45, 2.75) is 6.92 Å². The Bertz CT molecular complexity index is 1270. The summed E-state index contributed by atoms with van der Waals surface area (Å²) in [5.41, 5.74) is 3.30. The molecule has 0 aliphatic heterocycles. The third-order valence-electron chi connectivity index (χ3n) is 4.49. The van der Waals surface area contributed by atoms with Gasteiger partial charge in [0.25, 0.3) is 5.91 Å². The number of aromatic nitrogens is 2. The van der Waals surface area contributed by atoms with E-state index in [1.54, 1.807) is 13.0 Å². The quantitative estimate of drug-likeness (QED) is 0.391. The molecule has 0 saturated heterocycles. The Morgan fingerprint density at radius 3 is 2.53 bits per heavy atom. The lowest BCUT2D eigenvalue weighted by atomic mass is 10.0. The maximum absolute atomic E-state index is 13.1. The minimum atomic E-state index is -0.475. The summed E-state index contributed by atoms with van der Waals surface area (Å²) in [7, 11) is 1.31. The van der Waals surface area contributed by atoms with E-state index in [1.165, 1.54) is 7.11 Å². The maximum Gasteiger partial charge on any atom is 0.350 e. The van der Waals surface area contributed by atoms with Crippen molar-refractivity contribution < 1.29 is 14.3 Å². The van der Waals surface area contributed by atoms with Crippen molar-refractivity contribution in [3.05, 3.63) is 75.2 Å². The van der Waals surface area contributed by atoms with Gasteiger partial charge in [-0.3, -0.25) is 10.1 Å². The highest BCUT2D eigenvalue weighted by molar-refractivity contribution is 9.10. The fourth-order valence-electron chi connectivity index (χ4n) is 3.03. The highest BCUT2D eigenvalue weighted by Gasteiger charge is 2.19. The van der Waals surface area contributed by atoms with Crippen molar-refractivity contribution in [3.8, 4) is 11.3 Å². The summed E-state index contributed by atoms with van der Waals surface area (Å²) in [5.74, 6) is -0.797. The number of carbonyl (C=O) groups excluding carboxylic acids is 2. The topological polar surface area (TPSA) is 81.2 Å². The predicted octanol–water partition coefficient (Wildman–Crippen LogP) is 5.47. The Morgan fingerprint density at radius 2 is 1.80 bits per heavy atom. The normalized spacial score (nSPS) is 10.8. The highest BCUT2D eigenvalue weighted by atomic mass is 79.9. The minimum Gasteiger partial charge on any atom is -0.465 e. The van der Waals surface area contributed by atoms with Crippen molar-refractivity contribution in [3.63, 3.8) is 0 Å². The van der Waals surface area contributed by atoms with Gasteiger partial charge < -0.3 is 4.74 Å². The number of rotatable bonds is 4. The summed E-state index contributed by atoms with van der Waals surface area (Å²) < 4.78 is 5.72. The lowest BCUT2D eigenvalue weighted by molar-refractivity contribution is 0.0605. The largest absolute Gasteiger partial charge is 0.465 e. The monoisotopic (exact) mass is 481 g/mol. The van der Waals surface area contributed by atoms with Crippen molar-refractivity contribution in [2.24, 2.45) is 0 Å². The van der Waals surface area contributed by atoms with Crippen LogP contribution in [0.25, 0.3) is 22.2 Å². The molecule has 6 nitrogen and oxygen atoms in total. The number of amides is 1. The van der Waals surface area contributed by atoms with Crippen LogP contribution >= 0.6 is 27.3 Å². The fourth-order valence-corrected chi connectivity index (χ4v) is 4.17. The van der Waals surface area contributed by atoms with Gasteiger partial charge in [-0.25, -0.2) is 14.8 Å². The van der Waals surface area contributed by atoms with E-state index >= 15 is 0 Å². The molecule has 0 saturated carbocycles. The Hall–Kier alpha value is -3.10. The molecule has 0 fully saturated rings. The van der Waals surface area contributed by atoms with E-state index in [2.05, 4.69) is 26.2 Å². The first kappa shape index (κ1) is 20.2. The van der Waals surface area contributed by atoms with Crippen LogP contribution in [0.3, 0.4) is 0 Å². The Kier molecular flexibility index (Phi) is 5.61. The van der Waals surface area contributed by atoms with Gasteiger partial charge in [-0.2, -0.15) is 0 Å². The van der Waals surface area contributed by atoms with E-state index in [9.17, 15) is 9.59 Å². The van der Waals surface area contributed by atoms with Crippen LogP contribution in [0.2, 0.25) is 0 Å². The molecule has 0 bridgehead atoms. The number of ether oxygens (including phenoxy) is 1. The second-order valence-electron chi connectivity index (χ2n) is 6.46. The van der Waals surface area contributed by atoms with Crippen molar-refractivity contribution in [1.82, 2.24) is 9.97 Å². The van der Waals surface area contributed by atoms with E-state index in [0.717, 1.165) is 26.8 Å². The van der Waals surface area contributed by atoms with Gasteiger partial charge in [0.15, 0.2) is 5.13 Å². The fraction of sp³-hybridized carbons (Fsp3) is 0.0909. The van der Waals surface area contributed by atoms with Crippen LogP contribution in [0.4, 0.5) is 5.13 Å².